The van der Waals surface area contributed by atoms with Crippen molar-refractivity contribution in [1.82, 2.24) is 9.97 Å². The standard InChI is InChI=1S/C9H12N4O/c1-14-5-2-8-6-9(11-4-3-10)13-7-12-8/h6-7H,2,4-5H2,1H3,(H,11,12,13). The Labute approximate surface area is 82.8 Å². The Morgan fingerprint density at radius 3 is 3.14 bits per heavy atom. The quantitative estimate of drug-likeness (QED) is 0.692. The molecule has 14 heavy (non-hydrogen) atoms. The van der Waals surface area contributed by atoms with Gasteiger partial charge >= 0.3 is 0 Å². The summed E-state index contributed by atoms with van der Waals surface area (Å²) in [5.74, 6) is 0.674. The van der Waals surface area contributed by atoms with Gasteiger partial charge in [0.05, 0.1) is 12.7 Å². The fourth-order valence-corrected chi connectivity index (χ4v) is 0.968. The molecule has 0 saturated heterocycles. The van der Waals surface area contributed by atoms with Crippen LogP contribution in [0.15, 0.2) is 12.4 Å². The van der Waals surface area contributed by atoms with Crippen molar-refractivity contribution >= 4 is 5.82 Å². The van der Waals surface area contributed by atoms with E-state index in [2.05, 4.69) is 15.3 Å². The molecule has 0 atom stereocenters. The highest BCUT2D eigenvalue weighted by Crippen LogP contribution is 2.03. The number of rotatable bonds is 5. The molecule has 5 heteroatoms. The maximum atomic E-state index is 8.36. The van der Waals surface area contributed by atoms with Crippen LogP contribution in [0.25, 0.3) is 0 Å². The van der Waals surface area contributed by atoms with Gasteiger partial charge in [0, 0.05) is 25.3 Å². The molecule has 0 fully saturated rings. The number of nitriles is 1. The number of nitrogens with one attached hydrogen (secondary N) is 1. The molecule has 1 aromatic rings. The zero-order valence-electron chi connectivity index (χ0n) is 8.03. The average molecular weight is 192 g/mol. The van der Waals surface area contributed by atoms with Crippen molar-refractivity contribution in [3.8, 4) is 6.07 Å². The first kappa shape index (κ1) is 10.4. The third-order valence-corrected chi connectivity index (χ3v) is 1.63. The van der Waals surface area contributed by atoms with Gasteiger partial charge in [-0.05, 0) is 0 Å². The van der Waals surface area contributed by atoms with Crippen LogP contribution in [0.4, 0.5) is 5.82 Å². The molecule has 0 unspecified atom stereocenters. The van der Waals surface area contributed by atoms with Crippen molar-refractivity contribution < 1.29 is 4.74 Å². The molecule has 0 aliphatic rings. The highest BCUT2D eigenvalue weighted by Gasteiger charge is 1.97. The highest BCUT2D eigenvalue weighted by molar-refractivity contribution is 5.35. The molecule has 1 aromatic heterocycles. The zero-order valence-corrected chi connectivity index (χ0v) is 8.03. The second-order valence-corrected chi connectivity index (χ2v) is 2.65. The lowest BCUT2D eigenvalue weighted by Crippen LogP contribution is -2.04. The maximum Gasteiger partial charge on any atom is 0.130 e. The molecule has 0 spiro atoms. The van der Waals surface area contributed by atoms with E-state index in [1.54, 1.807) is 7.11 Å². The minimum atomic E-state index is 0.251. The smallest absolute Gasteiger partial charge is 0.130 e. The van der Waals surface area contributed by atoms with E-state index in [9.17, 15) is 0 Å². The van der Waals surface area contributed by atoms with Gasteiger partial charge in [0.2, 0.25) is 0 Å². The second-order valence-electron chi connectivity index (χ2n) is 2.65. The summed E-state index contributed by atoms with van der Waals surface area (Å²) < 4.78 is 4.93. The Balaban J connectivity index is 2.55. The van der Waals surface area contributed by atoms with Gasteiger partial charge < -0.3 is 10.1 Å². The molecule has 74 valence electrons. The molecule has 1 N–H and O–H groups in total. The lowest BCUT2D eigenvalue weighted by molar-refractivity contribution is 0.201. The van der Waals surface area contributed by atoms with Crippen LogP contribution in [0.2, 0.25) is 0 Å². The summed E-state index contributed by atoms with van der Waals surface area (Å²) >= 11 is 0. The van der Waals surface area contributed by atoms with E-state index in [1.165, 1.54) is 6.33 Å². The largest absolute Gasteiger partial charge is 0.384 e. The van der Waals surface area contributed by atoms with Crippen LogP contribution in [0.5, 0.6) is 0 Å². The van der Waals surface area contributed by atoms with Gasteiger partial charge in [-0.2, -0.15) is 5.26 Å². The van der Waals surface area contributed by atoms with Gasteiger partial charge in [0.15, 0.2) is 0 Å². The molecular formula is C9H12N4O. The summed E-state index contributed by atoms with van der Waals surface area (Å²) in [6.07, 6.45) is 2.23. The van der Waals surface area contributed by atoms with Crippen molar-refractivity contribution in [3.63, 3.8) is 0 Å². The predicted octanol–water partition coefficient (Wildman–Crippen LogP) is 0.601. The molecular weight excluding hydrogens is 180 g/mol. The Morgan fingerprint density at radius 2 is 2.43 bits per heavy atom. The van der Waals surface area contributed by atoms with Crippen LogP contribution < -0.4 is 5.32 Å². The zero-order chi connectivity index (χ0) is 10.2. The number of anilines is 1. The lowest BCUT2D eigenvalue weighted by atomic mass is 10.3. The van der Waals surface area contributed by atoms with E-state index in [0.29, 0.717) is 12.4 Å². The fourth-order valence-electron chi connectivity index (χ4n) is 0.968. The Hall–Kier alpha value is -1.67. The summed E-state index contributed by atoms with van der Waals surface area (Å²) in [5.41, 5.74) is 0.905. The van der Waals surface area contributed by atoms with Gasteiger partial charge in [-0.25, -0.2) is 9.97 Å². The van der Waals surface area contributed by atoms with Gasteiger partial charge in [-0.15, -0.1) is 0 Å². The van der Waals surface area contributed by atoms with Crippen molar-refractivity contribution in [2.24, 2.45) is 0 Å². The number of nitrogens with zero attached hydrogens (tertiary/aromatic N) is 3. The topological polar surface area (TPSA) is 70.8 Å². The Morgan fingerprint density at radius 1 is 1.57 bits per heavy atom. The molecule has 1 rings (SSSR count). The molecule has 5 nitrogen and oxygen atoms in total. The predicted molar refractivity (Wildman–Crippen MR) is 51.7 cm³/mol. The monoisotopic (exact) mass is 192 g/mol. The van der Waals surface area contributed by atoms with Gasteiger partial charge in [0.1, 0.15) is 18.7 Å². The molecule has 0 aliphatic heterocycles. The van der Waals surface area contributed by atoms with Crippen LogP contribution in [0.3, 0.4) is 0 Å². The Bertz CT molecular complexity index is 321. The lowest BCUT2D eigenvalue weighted by Gasteiger charge is -2.02. The average Bonchev–Trinajstić information content (AvgIpc) is 2.24. The third kappa shape index (κ3) is 3.37. The maximum absolute atomic E-state index is 8.36. The van der Waals surface area contributed by atoms with Gasteiger partial charge in [-0.1, -0.05) is 0 Å². The molecule has 0 bridgehead atoms. The van der Waals surface area contributed by atoms with Crippen molar-refractivity contribution in [3.05, 3.63) is 18.1 Å². The van der Waals surface area contributed by atoms with Gasteiger partial charge in [0.25, 0.3) is 0 Å². The van der Waals surface area contributed by atoms with Crippen molar-refractivity contribution in [2.45, 2.75) is 6.42 Å². The number of methoxy groups -OCH3 is 1. The number of hydrogen-bond donors (Lipinski definition) is 1. The number of aromatic nitrogens is 2. The fraction of sp³-hybridized carbons (Fsp3) is 0.444. The normalized spacial score (nSPS) is 9.43. The summed E-state index contributed by atoms with van der Waals surface area (Å²) in [6.45, 7) is 0.884. The number of hydrogen-bond acceptors (Lipinski definition) is 5. The van der Waals surface area contributed by atoms with Crippen LogP contribution in [0.1, 0.15) is 5.69 Å². The molecule has 0 amide bonds. The van der Waals surface area contributed by atoms with Gasteiger partial charge in [-0.3, -0.25) is 0 Å². The molecule has 0 aliphatic carbocycles. The van der Waals surface area contributed by atoms with Crippen LogP contribution in [-0.2, 0) is 11.2 Å². The molecule has 0 radical (unpaired) electrons. The van der Waals surface area contributed by atoms with E-state index in [1.807, 2.05) is 12.1 Å². The van der Waals surface area contributed by atoms with Crippen LogP contribution in [-0.4, -0.2) is 30.2 Å². The van der Waals surface area contributed by atoms with Crippen LogP contribution >= 0.6 is 0 Å². The molecule has 0 saturated carbocycles. The summed E-state index contributed by atoms with van der Waals surface area (Å²) in [4.78, 5) is 8.04. The van der Waals surface area contributed by atoms with E-state index in [4.69, 9.17) is 10.00 Å². The molecule has 1 heterocycles. The minimum Gasteiger partial charge on any atom is -0.384 e. The minimum absolute atomic E-state index is 0.251. The first-order chi connectivity index (χ1) is 6.86. The van der Waals surface area contributed by atoms with Crippen molar-refractivity contribution in [2.75, 3.05) is 25.6 Å². The van der Waals surface area contributed by atoms with E-state index < -0.39 is 0 Å². The van der Waals surface area contributed by atoms with Crippen LogP contribution in [0, 0.1) is 11.3 Å². The summed E-state index contributed by atoms with van der Waals surface area (Å²) in [5, 5.41) is 11.2. The van der Waals surface area contributed by atoms with Crippen molar-refractivity contribution in [1.29, 1.82) is 5.26 Å². The SMILES string of the molecule is COCCc1cc(NCC#N)ncn1. The van der Waals surface area contributed by atoms with E-state index >= 15 is 0 Å². The van der Waals surface area contributed by atoms with E-state index in [-0.39, 0.29) is 6.54 Å². The first-order valence-electron chi connectivity index (χ1n) is 4.27. The van der Waals surface area contributed by atoms with E-state index in [0.717, 1.165) is 12.1 Å². The molecule has 0 aromatic carbocycles. The summed E-state index contributed by atoms with van der Waals surface area (Å²) in [7, 11) is 1.65. The Kier molecular flexibility index (Phi) is 4.38. The summed E-state index contributed by atoms with van der Waals surface area (Å²) in [6, 6.07) is 3.80. The number of ether oxygens (including phenoxy) is 1. The first-order valence-corrected chi connectivity index (χ1v) is 4.27. The third-order valence-electron chi connectivity index (χ3n) is 1.63. The highest BCUT2D eigenvalue weighted by atomic mass is 16.5. The second kappa shape index (κ2) is 5.89.